The topological polar surface area (TPSA) is 77.4 Å². The van der Waals surface area contributed by atoms with Crippen molar-refractivity contribution in [2.75, 3.05) is 32.2 Å². The molecule has 0 bridgehead atoms. The lowest BCUT2D eigenvalue weighted by molar-refractivity contribution is -0.358. The van der Waals surface area contributed by atoms with Crippen LogP contribution >= 0.6 is 11.8 Å². The van der Waals surface area contributed by atoms with Crippen molar-refractivity contribution in [3.8, 4) is 0 Å². The Morgan fingerprint density at radius 2 is 1.83 bits per heavy atom. The normalized spacial score (nSPS) is 44.9. The van der Waals surface area contributed by atoms with E-state index in [2.05, 4.69) is 58.0 Å². The zero-order chi connectivity index (χ0) is 32.7. The fourth-order valence-corrected chi connectivity index (χ4v) is 12.8. The summed E-state index contributed by atoms with van der Waals surface area (Å²) >= 11 is 1.91. The molecule has 2 spiro atoms. The predicted octanol–water partition coefficient (Wildman–Crippen LogP) is 7.79. The van der Waals surface area contributed by atoms with E-state index in [4.69, 9.17) is 18.9 Å². The van der Waals surface area contributed by atoms with Gasteiger partial charge in [-0.3, -0.25) is 0 Å². The summed E-state index contributed by atoms with van der Waals surface area (Å²) in [4.78, 5) is 1.33. The SMILES string of the molecule is CCSc1ccc2c(c1)C[C@]13CCC4(C[C@]1(O)CC[C@@H]1C3C2C[C@@]2(C)[C@H]1CC[C@@]2(O)/C=C\COC1CCCCO1)OCC(C)(C)CO4. The minimum absolute atomic E-state index is 0.000195. The van der Waals surface area contributed by atoms with Crippen LogP contribution in [0.1, 0.15) is 115 Å². The summed E-state index contributed by atoms with van der Waals surface area (Å²) in [5, 5.41) is 25.6. The highest BCUT2D eigenvalue weighted by Crippen LogP contribution is 2.75. The van der Waals surface area contributed by atoms with Gasteiger partial charge in [-0.1, -0.05) is 45.9 Å². The second-order valence-corrected chi connectivity index (χ2v) is 18.9. The van der Waals surface area contributed by atoms with E-state index in [0.717, 1.165) is 83.0 Å². The van der Waals surface area contributed by atoms with Crippen molar-refractivity contribution in [3.05, 3.63) is 41.5 Å². The first-order chi connectivity index (χ1) is 22.4. The van der Waals surface area contributed by atoms with Crippen LogP contribution in [0.15, 0.2) is 35.2 Å². The molecule has 0 amide bonds. The molecule has 7 aliphatic rings. The highest BCUT2D eigenvalue weighted by Gasteiger charge is 2.73. The van der Waals surface area contributed by atoms with Crippen LogP contribution in [0.3, 0.4) is 0 Å². The Hall–Kier alpha value is -0.930. The number of hydrogen-bond acceptors (Lipinski definition) is 7. The predicted molar refractivity (Wildman–Crippen MR) is 184 cm³/mol. The molecule has 0 aromatic heterocycles. The fraction of sp³-hybridized carbons (Fsp3) is 0.800. The van der Waals surface area contributed by atoms with Crippen LogP contribution in [-0.2, 0) is 25.4 Å². The van der Waals surface area contributed by atoms with Crippen molar-refractivity contribution < 1.29 is 29.2 Å². The van der Waals surface area contributed by atoms with Crippen LogP contribution in [0.5, 0.6) is 0 Å². The molecule has 6 nitrogen and oxygen atoms in total. The first-order valence-corrected chi connectivity index (χ1v) is 19.8. The summed E-state index contributed by atoms with van der Waals surface area (Å²) in [7, 11) is 0. The molecule has 9 atom stereocenters. The van der Waals surface area contributed by atoms with E-state index in [9.17, 15) is 10.2 Å². The quantitative estimate of drug-likeness (QED) is 0.237. The highest BCUT2D eigenvalue weighted by molar-refractivity contribution is 7.99. The van der Waals surface area contributed by atoms with Gasteiger partial charge in [-0.15, -0.1) is 11.8 Å². The molecule has 2 aliphatic heterocycles. The summed E-state index contributed by atoms with van der Waals surface area (Å²) < 4.78 is 25.0. The van der Waals surface area contributed by atoms with Crippen molar-refractivity contribution in [2.45, 2.75) is 139 Å². The molecule has 0 radical (unpaired) electrons. The Kier molecular flexibility index (Phi) is 8.35. The van der Waals surface area contributed by atoms with Crippen molar-refractivity contribution in [2.24, 2.45) is 34.0 Å². The van der Waals surface area contributed by atoms with E-state index in [1.807, 2.05) is 11.8 Å². The molecule has 5 aliphatic carbocycles. The molecular formula is C40H58O6S. The van der Waals surface area contributed by atoms with Crippen LogP contribution in [0.2, 0.25) is 0 Å². The molecule has 3 unspecified atom stereocenters. The molecule has 1 aromatic carbocycles. The molecular weight excluding hydrogens is 609 g/mol. The minimum Gasteiger partial charge on any atom is -0.389 e. The molecule has 6 fully saturated rings. The molecule has 4 saturated carbocycles. The van der Waals surface area contributed by atoms with Gasteiger partial charge in [-0.25, -0.2) is 0 Å². The minimum atomic E-state index is -0.872. The first-order valence-electron chi connectivity index (χ1n) is 18.8. The van der Waals surface area contributed by atoms with Crippen LogP contribution < -0.4 is 0 Å². The number of thioether (sulfide) groups is 1. The van der Waals surface area contributed by atoms with Gasteiger partial charge in [0.05, 0.1) is 31.0 Å². The Morgan fingerprint density at radius 3 is 2.60 bits per heavy atom. The molecule has 260 valence electrons. The average Bonchev–Trinajstić information content (AvgIpc) is 3.31. The maximum absolute atomic E-state index is 13.1. The maximum atomic E-state index is 13.1. The Labute approximate surface area is 286 Å². The summed E-state index contributed by atoms with van der Waals surface area (Å²) in [6.07, 6.45) is 15.1. The molecule has 8 rings (SSSR count). The molecule has 1 aromatic rings. The van der Waals surface area contributed by atoms with Crippen molar-refractivity contribution in [3.63, 3.8) is 0 Å². The number of rotatable bonds is 6. The summed E-state index contributed by atoms with van der Waals surface area (Å²) in [6, 6.07) is 7.19. The maximum Gasteiger partial charge on any atom is 0.171 e. The van der Waals surface area contributed by atoms with Gasteiger partial charge in [0.25, 0.3) is 0 Å². The van der Waals surface area contributed by atoms with Gasteiger partial charge in [0.1, 0.15) is 0 Å². The summed E-state index contributed by atoms with van der Waals surface area (Å²) in [5.41, 5.74) is 0.738. The van der Waals surface area contributed by atoms with E-state index >= 15 is 0 Å². The highest BCUT2D eigenvalue weighted by atomic mass is 32.2. The smallest absolute Gasteiger partial charge is 0.171 e. The Morgan fingerprint density at radius 1 is 1.00 bits per heavy atom. The van der Waals surface area contributed by atoms with E-state index in [-0.39, 0.29) is 22.5 Å². The lowest BCUT2D eigenvalue weighted by Crippen LogP contribution is -2.70. The van der Waals surface area contributed by atoms with Crippen LogP contribution in [-0.4, -0.2) is 65.7 Å². The number of fused-ring (bicyclic) bond motifs is 4. The summed E-state index contributed by atoms with van der Waals surface area (Å²) in [5.74, 6) is 1.98. The summed E-state index contributed by atoms with van der Waals surface area (Å²) in [6.45, 7) is 11.6. The van der Waals surface area contributed by atoms with Crippen LogP contribution in [0.25, 0.3) is 0 Å². The number of benzene rings is 1. The molecule has 2 heterocycles. The standard InChI is InChI=1S/C40H58O6S/c1-5-47-28-10-11-29-27(21-28)22-37-17-18-40(45-25-35(2,3)26-46-40)24-39(37,42)15-12-30-32-13-16-38(41,36(32,4)23-31(29)34(30)37)14-8-20-44-33-9-6-7-19-43-33/h8,10-11,14,21,30-34,41-42H,5-7,9,12-13,15-20,22-26H2,1-4H3/b14-8-/t30-,31?,32-,33?,34?,36-,37-,38-,39+/m0/s1. The second kappa shape index (κ2) is 11.8. The largest absolute Gasteiger partial charge is 0.389 e. The van der Waals surface area contributed by atoms with E-state index in [1.165, 1.54) is 16.0 Å². The van der Waals surface area contributed by atoms with Gasteiger partial charge < -0.3 is 29.2 Å². The van der Waals surface area contributed by atoms with E-state index in [0.29, 0.717) is 49.9 Å². The molecule has 7 heteroatoms. The van der Waals surface area contributed by atoms with Crippen LogP contribution in [0, 0.1) is 34.0 Å². The van der Waals surface area contributed by atoms with Gasteiger partial charge in [0, 0.05) is 40.6 Å². The Balaban J connectivity index is 1.13. The molecule has 2 N–H and O–H groups in total. The van der Waals surface area contributed by atoms with Gasteiger partial charge in [-0.05, 0) is 117 Å². The average molecular weight is 667 g/mol. The third-order valence-corrected chi connectivity index (χ3v) is 15.2. The van der Waals surface area contributed by atoms with Gasteiger partial charge in [0.15, 0.2) is 12.1 Å². The van der Waals surface area contributed by atoms with E-state index in [1.54, 1.807) is 0 Å². The lowest BCUT2D eigenvalue weighted by Gasteiger charge is -2.70. The molecule has 47 heavy (non-hydrogen) atoms. The lowest BCUT2D eigenvalue weighted by atomic mass is 9.36. The third-order valence-electron chi connectivity index (χ3n) is 14.4. The fourth-order valence-electron chi connectivity index (χ4n) is 12.1. The zero-order valence-corrected chi connectivity index (χ0v) is 30.0. The van der Waals surface area contributed by atoms with Gasteiger partial charge in [0.2, 0.25) is 0 Å². The Bertz CT molecular complexity index is 1360. The first kappa shape index (κ1) is 33.2. The van der Waals surface area contributed by atoms with Crippen LogP contribution in [0.4, 0.5) is 0 Å². The zero-order valence-electron chi connectivity index (χ0n) is 29.2. The number of hydrogen-bond donors (Lipinski definition) is 2. The van der Waals surface area contributed by atoms with E-state index < -0.39 is 17.0 Å². The monoisotopic (exact) mass is 666 g/mol. The number of ether oxygens (including phenoxy) is 4. The second-order valence-electron chi connectivity index (χ2n) is 17.5. The van der Waals surface area contributed by atoms with Gasteiger partial charge in [-0.2, -0.15) is 0 Å². The van der Waals surface area contributed by atoms with Crippen molar-refractivity contribution in [1.29, 1.82) is 0 Å². The number of aliphatic hydroxyl groups is 2. The van der Waals surface area contributed by atoms with Gasteiger partial charge >= 0.3 is 0 Å². The van der Waals surface area contributed by atoms with Crippen molar-refractivity contribution in [1.82, 2.24) is 0 Å². The molecule has 2 saturated heterocycles. The third kappa shape index (κ3) is 5.26. The van der Waals surface area contributed by atoms with Crippen molar-refractivity contribution >= 4 is 11.8 Å².